The monoisotopic (exact) mass is 526 g/mol. The smallest absolute Gasteiger partial charge is 0.408 e. The van der Waals surface area contributed by atoms with Gasteiger partial charge in [-0.3, -0.25) is 19.6 Å². The molecule has 0 spiro atoms. The van der Waals surface area contributed by atoms with E-state index in [-0.39, 0.29) is 37.9 Å². The number of rotatable bonds is 17. The van der Waals surface area contributed by atoms with Gasteiger partial charge in [-0.1, -0.05) is 5.11 Å². The van der Waals surface area contributed by atoms with Gasteiger partial charge in [0.1, 0.15) is 17.7 Å². The summed E-state index contributed by atoms with van der Waals surface area (Å²) in [5.41, 5.74) is 28.9. The van der Waals surface area contributed by atoms with E-state index in [1.807, 2.05) is 0 Å². The van der Waals surface area contributed by atoms with Gasteiger partial charge in [0.2, 0.25) is 11.8 Å². The number of unbranched alkanes of at least 4 members (excludes halogenated alkanes) is 1. The quantitative estimate of drug-likeness (QED) is 0.0328. The number of amides is 3. The summed E-state index contributed by atoms with van der Waals surface area (Å²) in [6.45, 7) is 6.27. The molecule has 3 amide bonds. The van der Waals surface area contributed by atoms with E-state index < -0.39 is 35.6 Å². The van der Waals surface area contributed by atoms with E-state index in [1.54, 1.807) is 20.8 Å². The fourth-order valence-corrected chi connectivity index (χ4v) is 2.95. The second-order valence-corrected chi connectivity index (χ2v) is 9.11. The number of alkyl carbamates (subject to hydrolysis) is 1. The second kappa shape index (κ2) is 18.3. The zero-order valence-electron chi connectivity index (χ0n) is 21.9. The lowest BCUT2D eigenvalue weighted by Gasteiger charge is -2.25. The Morgan fingerprint density at radius 1 is 0.838 bits per heavy atom. The van der Waals surface area contributed by atoms with Gasteiger partial charge in [-0.15, -0.1) is 0 Å². The number of nitrogens with one attached hydrogen (secondary N) is 3. The zero-order valence-corrected chi connectivity index (χ0v) is 21.9. The Labute approximate surface area is 217 Å². The van der Waals surface area contributed by atoms with E-state index in [0.717, 1.165) is 0 Å². The number of nitrogens with two attached hydrogens (primary N) is 4. The predicted molar refractivity (Wildman–Crippen MR) is 141 cm³/mol. The Morgan fingerprint density at radius 2 is 1.38 bits per heavy atom. The molecule has 0 rings (SSSR count). The Hall–Kier alpha value is -3.94. The molecule has 0 aliphatic rings. The van der Waals surface area contributed by atoms with Crippen molar-refractivity contribution in [3.05, 3.63) is 10.4 Å². The Kier molecular flexibility index (Phi) is 16.4. The van der Waals surface area contributed by atoms with Crippen LogP contribution < -0.4 is 38.9 Å². The van der Waals surface area contributed by atoms with E-state index in [1.165, 1.54) is 0 Å². The fourth-order valence-electron chi connectivity index (χ4n) is 2.95. The van der Waals surface area contributed by atoms with Crippen molar-refractivity contribution in [2.45, 2.75) is 77.0 Å². The molecule has 0 aliphatic heterocycles. The van der Waals surface area contributed by atoms with E-state index in [4.69, 9.17) is 33.2 Å². The highest BCUT2D eigenvalue weighted by Crippen LogP contribution is 2.09. The number of carbonyl (C=O) groups is 3. The molecule has 0 saturated carbocycles. The summed E-state index contributed by atoms with van der Waals surface area (Å²) < 4.78 is 5.27. The van der Waals surface area contributed by atoms with Crippen molar-refractivity contribution in [1.29, 1.82) is 0 Å². The average Bonchev–Trinajstić information content (AvgIpc) is 2.78. The van der Waals surface area contributed by atoms with Crippen molar-refractivity contribution in [2.75, 3.05) is 26.2 Å². The number of hydrogen-bond donors (Lipinski definition) is 7. The zero-order chi connectivity index (χ0) is 28.3. The average molecular weight is 527 g/mol. The summed E-state index contributed by atoms with van der Waals surface area (Å²) in [5, 5.41) is 11.5. The Bertz CT molecular complexity index is 826. The van der Waals surface area contributed by atoms with Gasteiger partial charge in [0, 0.05) is 31.1 Å². The summed E-state index contributed by atoms with van der Waals surface area (Å²) in [6, 6.07) is -1.90. The topological polar surface area (TPSA) is 274 Å². The van der Waals surface area contributed by atoms with Crippen LogP contribution in [0.4, 0.5) is 4.79 Å². The minimum atomic E-state index is -0.999. The van der Waals surface area contributed by atoms with Crippen LogP contribution in [0, 0.1) is 0 Å². The van der Waals surface area contributed by atoms with Gasteiger partial charge in [0.05, 0.1) is 0 Å². The van der Waals surface area contributed by atoms with E-state index >= 15 is 0 Å². The number of aliphatic imine (C=N–C) groups is 2. The first-order valence-corrected chi connectivity index (χ1v) is 12.0. The van der Waals surface area contributed by atoms with Gasteiger partial charge in [-0.25, -0.2) is 4.79 Å². The highest BCUT2D eigenvalue weighted by molar-refractivity contribution is 5.91. The van der Waals surface area contributed by atoms with Crippen molar-refractivity contribution < 1.29 is 19.1 Å². The molecule has 0 bridgehead atoms. The molecule has 0 unspecified atom stereocenters. The molecule has 0 aromatic heterocycles. The molecule has 0 radical (unpaired) electrons. The van der Waals surface area contributed by atoms with Crippen LogP contribution in [0.1, 0.15) is 59.3 Å². The van der Waals surface area contributed by atoms with E-state index in [9.17, 15) is 14.4 Å². The minimum absolute atomic E-state index is 0.0764. The number of nitrogens with zero attached hydrogens (tertiary/aromatic N) is 5. The predicted octanol–water partition coefficient (Wildman–Crippen LogP) is -0.322. The highest BCUT2D eigenvalue weighted by atomic mass is 16.6. The first kappa shape index (κ1) is 33.1. The Balaban J connectivity index is 5.35. The number of azide groups is 1. The third kappa shape index (κ3) is 19.0. The third-order valence-corrected chi connectivity index (χ3v) is 4.58. The van der Waals surface area contributed by atoms with Crippen LogP contribution in [-0.2, 0) is 14.3 Å². The first-order valence-electron chi connectivity index (χ1n) is 12.0. The molecule has 11 N–H and O–H groups in total. The molecule has 37 heavy (non-hydrogen) atoms. The molecule has 0 aromatic carbocycles. The van der Waals surface area contributed by atoms with Crippen LogP contribution in [0.3, 0.4) is 0 Å². The third-order valence-electron chi connectivity index (χ3n) is 4.58. The summed E-state index contributed by atoms with van der Waals surface area (Å²) >= 11 is 0. The van der Waals surface area contributed by atoms with E-state index in [0.29, 0.717) is 38.8 Å². The first-order chi connectivity index (χ1) is 17.4. The van der Waals surface area contributed by atoms with Gasteiger partial charge < -0.3 is 43.6 Å². The maximum atomic E-state index is 13.1. The van der Waals surface area contributed by atoms with Gasteiger partial charge in [0.15, 0.2) is 11.9 Å². The van der Waals surface area contributed by atoms with Crippen LogP contribution in [0.25, 0.3) is 10.4 Å². The molecule has 16 nitrogen and oxygen atoms in total. The van der Waals surface area contributed by atoms with Crippen molar-refractivity contribution in [1.82, 2.24) is 16.0 Å². The molecule has 0 heterocycles. The normalized spacial score (nSPS) is 12.2. The van der Waals surface area contributed by atoms with Gasteiger partial charge in [0.25, 0.3) is 0 Å². The maximum absolute atomic E-state index is 13.1. The van der Waals surface area contributed by atoms with Crippen LogP contribution in [0.2, 0.25) is 0 Å². The second-order valence-electron chi connectivity index (χ2n) is 9.11. The molecule has 0 aliphatic carbocycles. The lowest BCUT2D eigenvalue weighted by Crippen LogP contribution is -2.54. The van der Waals surface area contributed by atoms with Crippen molar-refractivity contribution in [2.24, 2.45) is 38.0 Å². The molecule has 0 fully saturated rings. The lowest BCUT2D eigenvalue weighted by atomic mass is 10.1. The van der Waals surface area contributed by atoms with Gasteiger partial charge in [-0.05, 0) is 64.8 Å². The van der Waals surface area contributed by atoms with Crippen LogP contribution in [0.5, 0.6) is 0 Å². The number of ether oxygens (including phenoxy) is 1. The SMILES string of the molecule is CC(C)(C)OC(=O)N[C@@H](CCCN=C(N)N)C(=O)N[C@@H](CCCN=C(N)N)C(=O)NCCCCN=[N+]=[N-]. The molecule has 0 aromatic rings. The number of carbonyl (C=O) groups excluding carboxylic acids is 3. The van der Waals surface area contributed by atoms with Crippen molar-refractivity contribution in [3.8, 4) is 0 Å². The molecule has 16 heteroatoms. The fraction of sp³-hybridized carbons (Fsp3) is 0.762. The minimum Gasteiger partial charge on any atom is -0.444 e. The molecule has 210 valence electrons. The van der Waals surface area contributed by atoms with Gasteiger partial charge >= 0.3 is 6.09 Å². The largest absolute Gasteiger partial charge is 0.444 e. The van der Waals surface area contributed by atoms with Crippen LogP contribution in [0.15, 0.2) is 15.1 Å². The molecule has 2 atom stereocenters. The highest BCUT2D eigenvalue weighted by Gasteiger charge is 2.28. The van der Waals surface area contributed by atoms with Crippen LogP contribution in [-0.4, -0.2) is 73.7 Å². The molecular formula is C21H42N12O4. The summed E-state index contributed by atoms with van der Waals surface area (Å²) in [7, 11) is 0. The molecule has 0 saturated heterocycles. The standard InChI is InChI=1S/C21H42N12O4/c1-21(2,3)37-20(36)32-15(9-7-12-29-19(24)25)17(35)31-14(8-6-11-28-18(22)23)16(34)27-10-4-5-13-30-33-26/h14-15H,4-13H2,1-3H3,(H,27,34)(H,31,35)(H,32,36)(H4,22,23,28)(H4,24,25,29)/t14-,15-/m0/s1. The number of hydrogen-bond acceptors (Lipinski definition) is 7. The van der Waals surface area contributed by atoms with Crippen molar-refractivity contribution in [3.63, 3.8) is 0 Å². The van der Waals surface area contributed by atoms with E-state index in [2.05, 4.69) is 36.0 Å². The Morgan fingerprint density at radius 3 is 1.86 bits per heavy atom. The van der Waals surface area contributed by atoms with Gasteiger partial charge in [-0.2, -0.15) is 0 Å². The maximum Gasteiger partial charge on any atom is 0.408 e. The molecular weight excluding hydrogens is 484 g/mol. The van der Waals surface area contributed by atoms with Crippen molar-refractivity contribution >= 4 is 29.8 Å². The summed E-state index contributed by atoms with van der Waals surface area (Å²) in [5.74, 6) is -1.13. The summed E-state index contributed by atoms with van der Waals surface area (Å²) in [4.78, 5) is 48.7. The summed E-state index contributed by atoms with van der Waals surface area (Å²) in [6.07, 6.45) is 1.67. The lowest BCUT2D eigenvalue weighted by molar-refractivity contribution is -0.130. The van der Waals surface area contributed by atoms with Crippen LogP contribution >= 0.6 is 0 Å². The number of guanidine groups is 2.